The highest BCUT2D eigenvalue weighted by Crippen LogP contribution is 2.17. The fourth-order valence-electron chi connectivity index (χ4n) is 1.66. The van der Waals surface area contributed by atoms with Crippen molar-refractivity contribution in [3.8, 4) is 0 Å². The molecule has 0 spiro atoms. The van der Waals surface area contributed by atoms with Crippen molar-refractivity contribution in [2.24, 2.45) is 0 Å². The SMILES string of the molecule is O=c1[nH]c2ccccc2c2[nH]ncc12. The minimum Gasteiger partial charge on any atom is -0.321 e. The maximum atomic E-state index is 11.5. The lowest BCUT2D eigenvalue weighted by atomic mass is 10.2. The van der Waals surface area contributed by atoms with Crippen LogP contribution in [0.4, 0.5) is 0 Å². The van der Waals surface area contributed by atoms with Gasteiger partial charge in [-0.3, -0.25) is 9.89 Å². The molecule has 3 rings (SSSR count). The third-order valence-electron chi connectivity index (χ3n) is 2.33. The van der Waals surface area contributed by atoms with Crippen molar-refractivity contribution in [1.29, 1.82) is 0 Å². The number of hydrogen-bond donors (Lipinski definition) is 2. The quantitative estimate of drug-likeness (QED) is 0.556. The Bertz CT molecular complexity index is 665. The second-order valence-corrected chi connectivity index (χ2v) is 3.16. The summed E-state index contributed by atoms with van der Waals surface area (Å²) in [5.74, 6) is 0. The van der Waals surface area contributed by atoms with Gasteiger partial charge in [0.1, 0.15) is 0 Å². The van der Waals surface area contributed by atoms with E-state index >= 15 is 0 Å². The van der Waals surface area contributed by atoms with Gasteiger partial charge in [-0.1, -0.05) is 18.2 Å². The molecule has 0 fully saturated rings. The summed E-state index contributed by atoms with van der Waals surface area (Å²) in [5.41, 5.74) is 1.52. The summed E-state index contributed by atoms with van der Waals surface area (Å²) in [6.07, 6.45) is 1.54. The van der Waals surface area contributed by atoms with Gasteiger partial charge in [-0.05, 0) is 6.07 Å². The minimum absolute atomic E-state index is 0.104. The lowest BCUT2D eigenvalue weighted by Gasteiger charge is -1.97. The Morgan fingerprint density at radius 1 is 1.14 bits per heavy atom. The third-order valence-corrected chi connectivity index (χ3v) is 2.33. The molecule has 2 aromatic heterocycles. The molecule has 0 aliphatic rings. The number of fused-ring (bicyclic) bond motifs is 3. The summed E-state index contributed by atoms with van der Waals surface area (Å²) in [6.45, 7) is 0. The fourth-order valence-corrected chi connectivity index (χ4v) is 1.66. The Labute approximate surface area is 78.6 Å². The highest BCUT2D eigenvalue weighted by molar-refractivity contribution is 6.02. The van der Waals surface area contributed by atoms with E-state index in [-0.39, 0.29) is 5.56 Å². The molecular formula is C10H7N3O. The van der Waals surface area contributed by atoms with Crippen molar-refractivity contribution in [2.45, 2.75) is 0 Å². The molecule has 0 aliphatic heterocycles. The van der Waals surface area contributed by atoms with Crippen molar-refractivity contribution in [3.05, 3.63) is 40.8 Å². The number of nitrogens with zero attached hydrogens (tertiary/aromatic N) is 1. The first-order valence-electron chi connectivity index (χ1n) is 4.30. The van der Waals surface area contributed by atoms with Gasteiger partial charge < -0.3 is 4.98 Å². The van der Waals surface area contributed by atoms with Crippen LogP contribution in [0.1, 0.15) is 0 Å². The molecule has 2 N–H and O–H groups in total. The van der Waals surface area contributed by atoms with Gasteiger partial charge >= 0.3 is 0 Å². The number of hydrogen-bond acceptors (Lipinski definition) is 2. The first-order valence-corrected chi connectivity index (χ1v) is 4.30. The van der Waals surface area contributed by atoms with Gasteiger partial charge in [-0.25, -0.2) is 0 Å². The van der Waals surface area contributed by atoms with Gasteiger partial charge in [0.05, 0.1) is 22.6 Å². The fraction of sp³-hybridized carbons (Fsp3) is 0. The zero-order valence-corrected chi connectivity index (χ0v) is 7.24. The van der Waals surface area contributed by atoms with Crippen LogP contribution in [-0.4, -0.2) is 15.2 Å². The largest absolute Gasteiger partial charge is 0.321 e. The molecule has 14 heavy (non-hydrogen) atoms. The standard InChI is InChI=1S/C10H7N3O/c14-10-7-5-11-13-9(7)6-3-1-2-4-8(6)12-10/h1-5H,(H,11,13)(H,12,14). The van der Waals surface area contributed by atoms with E-state index < -0.39 is 0 Å². The van der Waals surface area contributed by atoms with Crippen LogP contribution in [0.25, 0.3) is 21.8 Å². The topological polar surface area (TPSA) is 61.5 Å². The minimum atomic E-state index is -0.104. The summed E-state index contributed by atoms with van der Waals surface area (Å²) in [6, 6.07) is 7.64. The van der Waals surface area contributed by atoms with E-state index in [9.17, 15) is 4.79 Å². The number of aromatic nitrogens is 3. The monoisotopic (exact) mass is 185 g/mol. The number of rotatable bonds is 0. The summed E-state index contributed by atoms with van der Waals surface area (Å²) in [7, 11) is 0. The third kappa shape index (κ3) is 0.821. The second kappa shape index (κ2) is 2.45. The van der Waals surface area contributed by atoms with Crippen LogP contribution in [0.3, 0.4) is 0 Å². The van der Waals surface area contributed by atoms with Crippen LogP contribution < -0.4 is 5.56 Å². The van der Waals surface area contributed by atoms with Crippen LogP contribution in [0, 0.1) is 0 Å². The first kappa shape index (κ1) is 7.32. The molecule has 0 saturated carbocycles. The van der Waals surface area contributed by atoms with E-state index in [0.717, 1.165) is 16.4 Å². The zero-order chi connectivity index (χ0) is 9.54. The molecule has 4 heteroatoms. The van der Waals surface area contributed by atoms with Gasteiger partial charge in [0.2, 0.25) is 0 Å². The van der Waals surface area contributed by atoms with Crippen LogP contribution in [-0.2, 0) is 0 Å². The summed E-state index contributed by atoms with van der Waals surface area (Å²) in [5, 5.41) is 8.29. The Hall–Kier alpha value is -2.10. The average Bonchev–Trinajstić information content (AvgIpc) is 2.67. The number of benzene rings is 1. The molecular weight excluding hydrogens is 178 g/mol. The molecule has 1 aromatic carbocycles. The van der Waals surface area contributed by atoms with Gasteiger partial charge in [0.25, 0.3) is 5.56 Å². The van der Waals surface area contributed by atoms with E-state index in [4.69, 9.17) is 0 Å². The molecule has 68 valence electrons. The molecule has 0 unspecified atom stereocenters. The summed E-state index contributed by atoms with van der Waals surface area (Å²) in [4.78, 5) is 14.3. The summed E-state index contributed by atoms with van der Waals surface area (Å²) >= 11 is 0. The lowest BCUT2D eigenvalue weighted by Crippen LogP contribution is -2.04. The number of nitrogens with one attached hydrogen (secondary N) is 2. The van der Waals surface area contributed by atoms with Crippen LogP contribution >= 0.6 is 0 Å². The molecule has 0 aliphatic carbocycles. The smallest absolute Gasteiger partial charge is 0.259 e. The van der Waals surface area contributed by atoms with Gasteiger partial charge in [-0.2, -0.15) is 5.10 Å². The van der Waals surface area contributed by atoms with Crippen LogP contribution in [0.15, 0.2) is 35.3 Å². The van der Waals surface area contributed by atoms with Gasteiger partial charge in [0.15, 0.2) is 0 Å². The van der Waals surface area contributed by atoms with E-state index in [1.807, 2.05) is 24.3 Å². The molecule has 3 aromatic rings. The lowest BCUT2D eigenvalue weighted by molar-refractivity contribution is 1.12. The highest BCUT2D eigenvalue weighted by Gasteiger charge is 2.04. The number of para-hydroxylation sites is 1. The van der Waals surface area contributed by atoms with E-state index in [2.05, 4.69) is 15.2 Å². The molecule has 2 heterocycles. The van der Waals surface area contributed by atoms with E-state index in [1.165, 1.54) is 0 Å². The van der Waals surface area contributed by atoms with Crippen LogP contribution in [0.5, 0.6) is 0 Å². The highest BCUT2D eigenvalue weighted by atomic mass is 16.1. The van der Waals surface area contributed by atoms with Crippen molar-refractivity contribution in [3.63, 3.8) is 0 Å². The molecule has 0 atom stereocenters. The molecule has 0 saturated heterocycles. The number of aromatic amines is 2. The van der Waals surface area contributed by atoms with Gasteiger partial charge in [-0.15, -0.1) is 0 Å². The van der Waals surface area contributed by atoms with Crippen molar-refractivity contribution >= 4 is 21.8 Å². The van der Waals surface area contributed by atoms with Crippen LogP contribution in [0.2, 0.25) is 0 Å². The Morgan fingerprint density at radius 2 is 2.00 bits per heavy atom. The van der Waals surface area contributed by atoms with Crippen molar-refractivity contribution < 1.29 is 0 Å². The Balaban J connectivity index is 2.73. The Kier molecular flexibility index (Phi) is 1.28. The van der Waals surface area contributed by atoms with Gasteiger partial charge in [0, 0.05) is 5.39 Å². The van der Waals surface area contributed by atoms with Crippen molar-refractivity contribution in [1.82, 2.24) is 15.2 Å². The average molecular weight is 185 g/mol. The Morgan fingerprint density at radius 3 is 2.93 bits per heavy atom. The first-order chi connectivity index (χ1) is 6.86. The predicted molar refractivity (Wildman–Crippen MR) is 54.2 cm³/mol. The molecule has 0 amide bonds. The summed E-state index contributed by atoms with van der Waals surface area (Å²) < 4.78 is 0. The van der Waals surface area contributed by atoms with E-state index in [1.54, 1.807) is 6.20 Å². The maximum absolute atomic E-state index is 11.5. The zero-order valence-electron chi connectivity index (χ0n) is 7.24. The normalized spacial score (nSPS) is 11.1. The molecule has 0 bridgehead atoms. The predicted octanol–water partition coefficient (Wildman–Crippen LogP) is 1.40. The van der Waals surface area contributed by atoms with Crippen molar-refractivity contribution in [2.75, 3.05) is 0 Å². The molecule has 0 radical (unpaired) electrons. The van der Waals surface area contributed by atoms with E-state index in [0.29, 0.717) is 5.39 Å². The molecule has 4 nitrogen and oxygen atoms in total. The number of pyridine rings is 1. The maximum Gasteiger partial charge on any atom is 0.259 e. The second-order valence-electron chi connectivity index (χ2n) is 3.16. The number of H-pyrrole nitrogens is 2.